The van der Waals surface area contributed by atoms with Gasteiger partial charge in [0.2, 0.25) is 0 Å². The zero-order chi connectivity index (χ0) is 15.0. The van der Waals surface area contributed by atoms with Crippen LogP contribution in [-0.4, -0.2) is 7.05 Å². The summed E-state index contributed by atoms with van der Waals surface area (Å²) in [5.41, 5.74) is 7.19. The first-order chi connectivity index (χ1) is 10.1. The van der Waals surface area contributed by atoms with Crippen LogP contribution in [0.4, 0.5) is 0 Å². The summed E-state index contributed by atoms with van der Waals surface area (Å²) in [6, 6.07) is 7.47. The molecule has 0 saturated carbocycles. The van der Waals surface area contributed by atoms with Gasteiger partial charge in [0.05, 0.1) is 6.04 Å². The van der Waals surface area contributed by atoms with E-state index in [1.165, 1.54) is 52.8 Å². The number of hydrogen-bond acceptors (Lipinski definition) is 2. The molecule has 0 spiro atoms. The predicted octanol–water partition coefficient (Wildman–Crippen LogP) is 4.86. The maximum absolute atomic E-state index is 3.54. The van der Waals surface area contributed by atoms with Crippen LogP contribution in [0.5, 0.6) is 0 Å². The topological polar surface area (TPSA) is 12.0 Å². The number of fused-ring (bicyclic) bond motifs is 1. The Kier molecular flexibility index (Phi) is 4.19. The molecule has 1 aromatic carbocycles. The molecular formula is C19H25NS. The minimum absolute atomic E-state index is 0.333. The Morgan fingerprint density at radius 3 is 2.38 bits per heavy atom. The standard InChI is InChI=1S/C19H25NS/c1-12-9-14(3)16(10-13(12)2)19(20-4)18-11-15-7-5-6-8-17(15)21-18/h9-11,19-20H,5-8H2,1-4H3. The Morgan fingerprint density at radius 2 is 1.67 bits per heavy atom. The third kappa shape index (κ3) is 2.79. The van der Waals surface area contributed by atoms with Crippen molar-refractivity contribution in [1.82, 2.24) is 5.32 Å². The van der Waals surface area contributed by atoms with E-state index in [-0.39, 0.29) is 0 Å². The molecular weight excluding hydrogens is 274 g/mol. The molecule has 112 valence electrons. The van der Waals surface area contributed by atoms with E-state index in [4.69, 9.17) is 0 Å². The first-order valence-electron chi connectivity index (χ1n) is 7.96. The molecule has 1 aliphatic rings. The van der Waals surface area contributed by atoms with Gasteiger partial charge in [-0.3, -0.25) is 0 Å². The quantitative estimate of drug-likeness (QED) is 0.853. The Morgan fingerprint density at radius 1 is 0.952 bits per heavy atom. The summed E-state index contributed by atoms with van der Waals surface area (Å²) in [6.07, 6.45) is 5.27. The summed E-state index contributed by atoms with van der Waals surface area (Å²) in [5, 5.41) is 3.54. The highest BCUT2D eigenvalue weighted by Gasteiger charge is 2.21. The van der Waals surface area contributed by atoms with E-state index in [1.807, 2.05) is 11.3 Å². The molecule has 0 saturated heterocycles. The second-order valence-electron chi connectivity index (χ2n) is 6.32. The molecule has 0 amide bonds. The van der Waals surface area contributed by atoms with Crippen molar-refractivity contribution >= 4 is 11.3 Å². The van der Waals surface area contributed by atoms with Crippen LogP contribution >= 0.6 is 11.3 Å². The molecule has 0 bridgehead atoms. The fourth-order valence-electron chi connectivity index (χ4n) is 3.40. The van der Waals surface area contributed by atoms with Gasteiger partial charge < -0.3 is 5.32 Å². The largest absolute Gasteiger partial charge is 0.309 e. The number of nitrogens with one attached hydrogen (secondary N) is 1. The summed E-state index contributed by atoms with van der Waals surface area (Å²) < 4.78 is 0. The van der Waals surface area contributed by atoms with E-state index in [0.717, 1.165) is 0 Å². The molecule has 1 N–H and O–H groups in total. The molecule has 2 aromatic rings. The molecule has 1 unspecified atom stereocenters. The molecule has 1 aliphatic carbocycles. The Labute approximate surface area is 132 Å². The van der Waals surface area contributed by atoms with Gasteiger partial charge in [-0.05, 0) is 87.4 Å². The van der Waals surface area contributed by atoms with Crippen LogP contribution in [0.2, 0.25) is 0 Å². The molecule has 1 heterocycles. The Bertz CT molecular complexity index is 630. The SMILES string of the molecule is CNC(c1cc2c(s1)CCCC2)c1cc(C)c(C)cc1C. The van der Waals surface area contributed by atoms with Crippen molar-refractivity contribution < 1.29 is 0 Å². The molecule has 0 aliphatic heterocycles. The third-order valence-corrected chi connectivity index (χ3v) is 6.08. The Hall–Kier alpha value is -1.12. The maximum Gasteiger partial charge on any atom is 0.0671 e. The summed E-state index contributed by atoms with van der Waals surface area (Å²) in [7, 11) is 2.08. The number of aryl methyl sites for hydroxylation is 5. The van der Waals surface area contributed by atoms with Crippen LogP contribution in [-0.2, 0) is 12.8 Å². The van der Waals surface area contributed by atoms with Gasteiger partial charge in [-0.1, -0.05) is 12.1 Å². The fourth-order valence-corrected chi connectivity index (χ4v) is 4.79. The van der Waals surface area contributed by atoms with E-state index in [0.29, 0.717) is 6.04 Å². The lowest BCUT2D eigenvalue weighted by Crippen LogP contribution is -2.18. The van der Waals surface area contributed by atoms with E-state index >= 15 is 0 Å². The van der Waals surface area contributed by atoms with Gasteiger partial charge >= 0.3 is 0 Å². The van der Waals surface area contributed by atoms with Crippen molar-refractivity contribution in [2.75, 3.05) is 7.05 Å². The van der Waals surface area contributed by atoms with Crippen LogP contribution in [0.3, 0.4) is 0 Å². The molecule has 1 nitrogen and oxygen atoms in total. The lowest BCUT2D eigenvalue weighted by molar-refractivity contribution is 0.689. The summed E-state index contributed by atoms with van der Waals surface area (Å²) >= 11 is 2.02. The maximum atomic E-state index is 3.54. The van der Waals surface area contributed by atoms with E-state index in [1.54, 1.807) is 10.4 Å². The molecule has 3 rings (SSSR count). The van der Waals surface area contributed by atoms with E-state index in [9.17, 15) is 0 Å². The second kappa shape index (κ2) is 5.94. The second-order valence-corrected chi connectivity index (χ2v) is 7.49. The van der Waals surface area contributed by atoms with Gasteiger partial charge in [-0.2, -0.15) is 0 Å². The molecule has 0 fully saturated rings. The van der Waals surface area contributed by atoms with Gasteiger partial charge in [0.15, 0.2) is 0 Å². The van der Waals surface area contributed by atoms with Crippen LogP contribution in [0.25, 0.3) is 0 Å². The number of hydrogen-bond donors (Lipinski definition) is 1. The van der Waals surface area contributed by atoms with Gasteiger partial charge in [0, 0.05) is 9.75 Å². The average Bonchev–Trinajstić information content (AvgIpc) is 2.88. The predicted molar refractivity (Wildman–Crippen MR) is 92.5 cm³/mol. The molecule has 21 heavy (non-hydrogen) atoms. The van der Waals surface area contributed by atoms with Crippen molar-refractivity contribution in [2.24, 2.45) is 0 Å². The minimum atomic E-state index is 0.333. The normalized spacial score (nSPS) is 15.8. The van der Waals surface area contributed by atoms with E-state index in [2.05, 4.69) is 51.3 Å². The third-order valence-electron chi connectivity index (χ3n) is 4.78. The first kappa shape index (κ1) is 14.8. The molecule has 1 atom stereocenters. The zero-order valence-electron chi connectivity index (χ0n) is 13.5. The molecule has 2 heteroatoms. The smallest absolute Gasteiger partial charge is 0.0671 e. The van der Waals surface area contributed by atoms with Gasteiger partial charge in [0.25, 0.3) is 0 Å². The number of benzene rings is 1. The lowest BCUT2D eigenvalue weighted by atomic mass is 9.94. The number of thiophene rings is 1. The van der Waals surface area contributed by atoms with E-state index < -0.39 is 0 Å². The molecule has 1 aromatic heterocycles. The van der Waals surface area contributed by atoms with Crippen molar-refractivity contribution in [1.29, 1.82) is 0 Å². The number of rotatable bonds is 3. The average molecular weight is 299 g/mol. The highest BCUT2D eigenvalue weighted by Crippen LogP contribution is 2.36. The highest BCUT2D eigenvalue weighted by molar-refractivity contribution is 7.12. The summed E-state index contributed by atoms with van der Waals surface area (Å²) in [4.78, 5) is 3.11. The Balaban J connectivity index is 2.02. The molecule has 0 radical (unpaired) electrons. The zero-order valence-corrected chi connectivity index (χ0v) is 14.4. The summed E-state index contributed by atoms with van der Waals surface area (Å²) in [5.74, 6) is 0. The van der Waals surface area contributed by atoms with Crippen molar-refractivity contribution in [3.05, 3.63) is 55.8 Å². The first-order valence-corrected chi connectivity index (χ1v) is 8.78. The van der Waals surface area contributed by atoms with Crippen molar-refractivity contribution in [2.45, 2.75) is 52.5 Å². The van der Waals surface area contributed by atoms with Crippen molar-refractivity contribution in [3.63, 3.8) is 0 Å². The fraction of sp³-hybridized carbons (Fsp3) is 0.474. The van der Waals surface area contributed by atoms with Crippen LogP contribution in [0.1, 0.15) is 56.5 Å². The highest BCUT2D eigenvalue weighted by atomic mass is 32.1. The van der Waals surface area contributed by atoms with Gasteiger partial charge in [0.1, 0.15) is 0 Å². The van der Waals surface area contributed by atoms with Gasteiger partial charge in [-0.25, -0.2) is 0 Å². The monoisotopic (exact) mass is 299 g/mol. The van der Waals surface area contributed by atoms with Crippen LogP contribution in [0.15, 0.2) is 18.2 Å². The van der Waals surface area contributed by atoms with Crippen LogP contribution in [0, 0.1) is 20.8 Å². The summed E-state index contributed by atoms with van der Waals surface area (Å²) in [6.45, 7) is 6.65. The van der Waals surface area contributed by atoms with Crippen molar-refractivity contribution in [3.8, 4) is 0 Å². The lowest BCUT2D eigenvalue weighted by Gasteiger charge is -2.19. The minimum Gasteiger partial charge on any atom is -0.309 e. The van der Waals surface area contributed by atoms with Gasteiger partial charge in [-0.15, -0.1) is 11.3 Å². The van der Waals surface area contributed by atoms with Crippen LogP contribution < -0.4 is 5.32 Å².